The van der Waals surface area contributed by atoms with Crippen LogP contribution in [0.4, 0.5) is 0 Å². The molecule has 4 atom stereocenters. The number of rotatable bonds is 8. The lowest BCUT2D eigenvalue weighted by Crippen LogP contribution is -2.57. The Hall–Kier alpha value is -1.86. The van der Waals surface area contributed by atoms with Gasteiger partial charge in [-0.15, -0.1) is 6.58 Å². The maximum Gasteiger partial charge on any atom is 0.229 e. The molecule has 5 nitrogen and oxygen atoms in total. The Morgan fingerprint density at radius 2 is 1.86 bits per heavy atom. The summed E-state index contributed by atoms with van der Waals surface area (Å²) in [7, 11) is -3.30. The number of hydrogen-bond acceptors (Lipinski definition) is 3. The summed E-state index contributed by atoms with van der Waals surface area (Å²) in [6, 6.07) is 14.9. The van der Waals surface area contributed by atoms with Gasteiger partial charge in [-0.2, -0.15) is 4.31 Å². The van der Waals surface area contributed by atoms with Crippen molar-refractivity contribution in [2.45, 2.75) is 57.5 Å². The van der Waals surface area contributed by atoms with Crippen LogP contribution in [-0.2, 0) is 14.8 Å². The van der Waals surface area contributed by atoms with E-state index in [1.54, 1.807) is 10.4 Å². The van der Waals surface area contributed by atoms with Crippen LogP contribution < -0.4 is 0 Å². The van der Waals surface area contributed by atoms with E-state index in [0.29, 0.717) is 48.8 Å². The van der Waals surface area contributed by atoms with Gasteiger partial charge in [-0.05, 0) is 61.1 Å². The maximum atomic E-state index is 14.3. The summed E-state index contributed by atoms with van der Waals surface area (Å²) in [5.74, 6) is 0.151. The minimum absolute atomic E-state index is 0.0315. The van der Waals surface area contributed by atoms with Gasteiger partial charge in [-0.1, -0.05) is 67.4 Å². The minimum Gasteiger partial charge on any atom is -0.330 e. The van der Waals surface area contributed by atoms with Crippen LogP contribution in [0.5, 0.6) is 0 Å². The van der Waals surface area contributed by atoms with Gasteiger partial charge in [0.25, 0.3) is 0 Å². The number of amides is 1. The molecule has 0 bridgehead atoms. The van der Waals surface area contributed by atoms with Crippen LogP contribution >= 0.6 is 23.2 Å². The molecule has 194 valence electrons. The lowest BCUT2D eigenvalue weighted by atomic mass is 9.67. The lowest BCUT2D eigenvalue weighted by Gasteiger charge is -2.52. The van der Waals surface area contributed by atoms with Crippen LogP contribution in [0, 0.1) is 5.41 Å². The molecular weight excluding hydrogens is 515 g/mol. The minimum atomic E-state index is -3.30. The first-order valence-electron chi connectivity index (χ1n) is 12.5. The summed E-state index contributed by atoms with van der Waals surface area (Å²) in [5.41, 5.74) is 1.36. The monoisotopic (exact) mass is 548 g/mol. The molecule has 2 fully saturated rings. The molecular formula is C28H34Cl2N2O3S. The third kappa shape index (κ3) is 5.38. The van der Waals surface area contributed by atoms with Crippen molar-refractivity contribution in [2.24, 2.45) is 5.41 Å². The first-order valence-corrected chi connectivity index (χ1v) is 14.9. The van der Waals surface area contributed by atoms with Crippen LogP contribution in [0.3, 0.4) is 0 Å². The number of carbonyl (C=O) groups is 1. The molecule has 0 aromatic heterocycles. The molecule has 4 rings (SSSR count). The van der Waals surface area contributed by atoms with Gasteiger partial charge < -0.3 is 4.90 Å². The Balaban J connectivity index is 1.87. The Bertz CT molecular complexity index is 1220. The zero-order chi connectivity index (χ0) is 26.1. The number of benzene rings is 2. The third-order valence-corrected chi connectivity index (χ3v) is 10.1. The van der Waals surface area contributed by atoms with Crippen LogP contribution in [0.15, 0.2) is 61.2 Å². The number of nitrogens with zero attached hydrogens (tertiary/aromatic N) is 2. The molecule has 2 saturated heterocycles. The highest BCUT2D eigenvalue weighted by molar-refractivity contribution is 7.89. The molecule has 0 saturated carbocycles. The van der Waals surface area contributed by atoms with Crippen molar-refractivity contribution >= 4 is 39.1 Å². The van der Waals surface area contributed by atoms with Crippen molar-refractivity contribution in [3.63, 3.8) is 0 Å². The molecule has 0 spiro atoms. The fourth-order valence-electron chi connectivity index (χ4n) is 5.83. The first kappa shape index (κ1) is 27.2. The van der Waals surface area contributed by atoms with E-state index in [1.807, 2.05) is 61.2 Å². The number of halogens is 2. The molecule has 2 heterocycles. The topological polar surface area (TPSA) is 57.7 Å². The largest absolute Gasteiger partial charge is 0.330 e. The van der Waals surface area contributed by atoms with E-state index in [2.05, 4.69) is 12.6 Å². The molecule has 8 heteroatoms. The van der Waals surface area contributed by atoms with E-state index in [9.17, 15) is 13.2 Å². The summed E-state index contributed by atoms with van der Waals surface area (Å²) >= 11 is 12.7. The van der Waals surface area contributed by atoms with Crippen molar-refractivity contribution in [1.29, 1.82) is 0 Å². The van der Waals surface area contributed by atoms with Crippen molar-refractivity contribution in [1.82, 2.24) is 9.21 Å². The van der Waals surface area contributed by atoms with Crippen molar-refractivity contribution in [3.05, 3.63) is 82.4 Å². The van der Waals surface area contributed by atoms with Crippen LogP contribution in [0.2, 0.25) is 10.0 Å². The number of carbonyl (C=O) groups excluding carboxylic acids is 1. The van der Waals surface area contributed by atoms with E-state index in [1.165, 1.54) is 0 Å². The van der Waals surface area contributed by atoms with Gasteiger partial charge in [-0.25, -0.2) is 8.42 Å². The Morgan fingerprint density at radius 1 is 1.14 bits per heavy atom. The standard InChI is InChI=1S/C28H34Cl2N2O3S/c1-4-14-28(3)18-25(21-8-6-9-23(30)17-21)26(20-10-12-22(29)13-11-20)32(27(28)33)24(5-2)19-31-15-7-16-36(31,34)35/h4,6,8-13,17,24-26H,1,5,7,14-16,18-19H2,2-3H3/t24-,25+,26?,28-/m0/s1. The van der Waals surface area contributed by atoms with Gasteiger partial charge in [0.05, 0.1) is 17.2 Å². The number of sulfonamides is 1. The summed E-state index contributed by atoms with van der Waals surface area (Å²) in [4.78, 5) is 16.3. The number of likely N-dealkylation sites (tertiary alicyclic amines) is 1. The molecule has 0 N–H and O–H groups in total. The fraction of sp³-hybridized carbons (Fsp3) is 0.464. The predicted molar refractivity (Wildman–Crippen MR) is 147 cm³/mol. The van der Waals surface area contributed by atoms with E-state index in [0.717, 1.165) is 11.1 Å². The highest BCUT2D eigenvalue weighted by Gasteiger charge is 2.51. The van der Waals surface area contributed by atoms with E-state index in [4.69, 9.17) is 23.2 Å². The SMILES string of the molecule is C=CC[C@@]1(C)C[C@H](c2cccc(Cl)c2)C(c2ccc(Cl)cc2)N([C@@H](CC)CN2CCCS2(=O)=O)C1=O. The predicted octanol–water partition coefficient (Wildman–Crippen LogP) is 6.45. The van der Waals surface area contributed by atoms with Gasteiger partial charge in [0.1, 0.15) is 0 Å². The van der Waals surface area contributed by atoms with Gasteiger partial charge in [0.15, 0.2) is 0 Å². The van der Waals surface area contributed by atoms with Gasteiger partial charge in [0.2, 0.25) is 15.9 Å². The van der Waals surface area contributed by atoms with Crippen molar-refractivity contribution in [2.75, 3.05) is 18.8 Å². The quantitative estimate of drug-likeness (QED) is 0.356. The van der Waals surface area contributed by atoms with E-state index >= 15 is 0 Å². The molecule has 2 aliphatic rings. The Kier molecular flexibility index (Phi) is 8.20. The van der Waals surface area contributed by atoms with Crippen LogP contribution in [0.1, 0.15) is 62.6 Å². The molecule has 2 aromatic carbocycles. The molecule has 2 aromatic rings. The lowest BCUT2D eigenvalue weighted by molar-refractivity contribution is -0.154. The molecule has 1 amide bonds. The van der Waals surface area contributed by atoms with E-state index in [-0.39, 0.29) is 29.7 Å². The molecule has 0 aliphatic carbocycles. The Morgan fingerprint density at radius 3 is 2.44 bits per heavy atom. The summed E-state index contributed by atoms with van der Waals surface area (Å²) in [6.45, 7) is 8.74. The number of allylic oxidation sites excluding steroid dienone is 1. The fourth-order valence-corrected chi connectivity index (χ4v) is 7.72. The molecule has 0 radical (unpaired) electrons. The van der Waals surface area contributed by atoms with Crippen molar-refractivity contribution in [3.8, 4) is 0 Å². The van der Waals surface area contributed by atoms with Crippen molar-refractivity contribution < 1.29 is 13.2 Å². The average Bonchev–Trinajstić information content (AvgIpc) is 3.17. The van der Waals surface area contributed by atoms with Gasteiger partial charge in [0, 0.05) is 35.1 Å². The second kappa shape index (κ2) is 10.9. The van der Waals surface area contributed by atoms with Gasteiger partial charge in [-0.3, -0.25) is 4.79 Å². The first-order chi connectivity index (χ1) is 17.1. The Labute approximate surface area is 225 Å². The van der Waals surface area contributed by atoms with Crippen LogP contribution in [0.25, 0.3) is 0 Å². The number of piperidine rings is 1. The highest BCUT2D eigenvalue weighted by Crippen LogP contribution is 2.52. The van der Waals surface area contributed by atoms with E-state index < -0.39 is 15.4 Å². The van der Waals surface area contributed by atoms with Crippen LogP contribution in [-0.4, -0.2) is 48.4 Å². The zero-order valence-electron chi connectivity index (χ0n) is 20.9. The smallest absolute Gasteiger partial charge is 0.229 e. The normalized spacial score (nSPS) is 27.2. The average molecular weight is 550 g/mol. The number of hydrogen-bond donors (Lipinski definition) is 0. The second-order valence-electron chi connectivity index (χ2n) is 10.2. The van der Waals surface area contributed by atoms with Gasteiger partial charge >= 0.3 is 0 Å². The zero-order valence-corrected chi connectivity index (χ0v) is 23.2. The summed E-state index contributed by atoms with van der Waals surface area (Å²) < 4.78 is 27.0. The summed E-state index contributed by atoms with van der Waals surface area (Å²) in [5, 5.41) is 1.27. The third-order valence-electron chi connectivity index (χ3n) is 7.67. The summed E-state index contributed by atoms with van der Waals surface area (Å²) in [6.07, 6.45) is 4.21. The highest BCUT2D eigenvalue weighted by atomic mass is 35.5. The molecule has 36 heavy (non-hydrogen) atoms. The molecule has 1 unspecified atom stereocenters. The maximum absolute atomic E-state index is 14.3. The molecule has 2 aliphatic heterocycles. The second-order valence-corrected chi connectivity index (χ2v) is 13.2.